The lowest BCUT2D eigenvalue weighted by Crippen LogP contribution is -2.03. The molecule has 0 saturated carbocycles. The summed E-state index contributed by atoms with van der Waals surface area (Å²) in [7, 11) is 0. The SMILES string of the molecule is CCc1ccc(-c2cc(C(C)(F)F)sn2)cc1. The molecule has 4 heteroatoms. The predicted molar refractivity (Wildman–Crippen MR) is 66.5 cm³/mol. The lowest BCUT2D eigenvalue weighted by Gasteiger charge is -2.04. The van der Waals surface area contributed by atoms with Crippen molar-refractivity contribution in [1.82, 2.24) is 4.37 Å². The maximum Gasteiger partial charge on any atom is 0.281 e. The Morgan fingerprint density at radius 3 is 2.35 bits per heavy atom. The van der Waals surface area contributed by atoms with Crippen LogP contribution in [0.1, 0.15) is 24.3 Å². The van der Waals surface area contributed by atoms with E-state index < -0.39 is 5.92 Å². The highest BCUT2D eigenvalue weighted by Gasteiger charge is 2.27. The second-order valence-corrected chi connectivity index (χ2v) is 4.82. The first-order chi connectivity index (χ1) is 8.00. The van der Waals surface area contributed by atoms with Crippen LogP contribution in [0, 0.1) is 0 Å². The molecule has 0 spiro atoms. The van der Waals surface area contributed by atoms with Crippen LogP contribution in [0.2, 0.25) is 0 Å². The Bertz CT molecular complexity index is 497. The Balaban J connectivity index is 2.30. The van der Waals surface area contributed by atoms with Gasteiger partial charge >= 0.3 is 0 Å². The first kappa shape index (κ1) is 12.2. The van der Waals surface area contributed by atoms with Crippen molar-refractivity contribution < 1.29 is 8.78 Å². The second kappa shape index (κ2) is 4.53. The van der Waals surface area contributed by atoms with Crippen molar-refractivity contribution in [3.05, 3.63) is 40.8 Å². The van der Waals surface area contributed by atoms with Gasteiger partial charge < -0.3 is 0 Å². The first-order valence-electron chi connectivity index (χ1n) is 5.45. The van der Waals surface area contributed by atoms with Gasteiger partial charge in [0.05, 0.1) is 10.6 Å². The van der Waals surface area contributed by atoms with Crippen LogP contribution in [-0.4, -0.2) is 4.37 Å². The van der Waals surface area contributed by atoms with Crippen LogP contribution in [0.5, 0.6) is 0 Å². The molecule has 1 heterocycles. The third-order valence-electron chi connectivity index (χ3n) is 2.60. The molecule has 0 aliphatic rings. The highest BCUT2D eigenvalue weighted by molar-refractivity contribution is 7.06. The smallest absolute Gasteiger partial charge is 0.201 e. The molecule has 2 aromatic rings. The Morgan fingerprint density at radius 2 is 1.88 bits per heavy atom. The van der Waals surface area contributed by atoms with Gasteiger partial charge in [0.25, 0.3) is 5.92 Å². The normalized spacial score (nSPS) is 11.8. The molecule has 0 radical (unpaired) electrons. The number of hydrogen-bond donors (Lipinski definition) is 0. The number of benzene rings is 1. The van der Waals surface area contributed by atoms with E-state index in [2.05, 4.69) is 11.3 Å². The molecule has 0 N–H and O–H groups in total. The van der Waals surface area contributed by atoms with Gasteiger partial charge in [0.2, 0.25) is 0 Å². The number of aryl methyl sites for hydroxylation is 1. The summed E-state index contributed by atoms with van der Waals surface area (Å²) in [6.07, 6.45) is 0.968. The van der Waals surface area contributed by atoms with E-state index in [1.165, 1.54) is 11.6 Å². The zero-order valence-electron chi connectivity index (χ0n) is 9.71. The molecule has 0 unspecified atom stereocenters. The Hall–Kier alpha value is -1.29. The van der Waals surface area contributed by atoms with E-state index in [1.807, 2.05) is 24.3 Å². The van der Waals surface area contributed by atoms with Gasteiger partial charge in [0.15, 0.2) is 0 Å². The van der Waals surface area contributed by atoms with Crippen molar-refractivity contribution in [1.29, 1.82) is 0 Å². The molecule has 1 nitrogen and oxygen atoms in total. The molecule has 0 fully saturated rings. The molecule has 1 aromatic carbocycles. The molecule has 0 aliphatic carbocycles. The predicted octanol–water partition coefficient (Wildman–Crippen LogP) is 4.48. The number of halogens is 2. The lowest BCUT2D eigenvalue weighted by molar-refractivity contribution is 0.0215. The van der Waals surface area contributed by atoms with Crippen molar-refractivity contribution in [3.8, 4) is 11.3 Å². The number of aromatic nitrogens is 1. The molecule has 90 valence electrons. The van der Waals surface area contributed by atoms with Crippen LogP contribution >= 0.6 is 11.5 Å². The molecule has 2 rings (SSSR count). The average Bonchev–Trinajstić information content (AvgIpc) is 2.78. The second-order valence-electron chi connectivity index (χ2n) is 4.02. The number of rotatable bonds is 3. The maximum atomic E-state index is 13.1. The quantitative estimate of drug-likeness (QED) is 0.785. The van der Waals surface area contributed by atoms with Crippen LogP contribution < -0.4 is 0 Å². The first-order valence-corrected chi connectivity index (χ1v) is 6.22. The number of nitrogens with zero attached hydrogens (tertiary/aromatic N) is 1. The van der Waals surface area contributed by atoms with E-state index in [-0.39, 0.29) is 4.88 Å². The standard InChI is InChI=1S/C13H13F2NS/c1-3-9-4-6-10(7-5-9)11-8-12(17-16-11)13(2,14)15/h4-8H,3H2,1-2H3. The molecule has 0 saturated heterocycles. The van der Waals surface area contributed by atoms with E-state index in [1.54, 1.807) is 0 Å². The van der Waals surface area contributed by atoms with Crippen molar-refractivity contribution in [2.45, 2.75) is 26.2 Å². The molecular formula is C13H13F2NS. The third-order valence-corrected chi connectivity index (χ3v) is 3.56. The Kier molecular flexibility index (Phi) is 3.24. The summed E-state index contributed by atoms with van der Waals surface area (Å²) in [6, 6.07) is 9.31. The van der Waals surface area contributed by atoms with Gasteiger partial charge in [0, 0.05) is 12.5 Å². The third kappa shape index (κ3) is 2.69. The fraction of sp³-hybridized carbons (Fsp3) is 0.308. The number of alkyl halides is 2. The minimum absolute atomic E-state index is 0.00654. The summed E-state index contributed by atoms with van der Waals surface area (Å²) in [5.41, 5.74) is 2.73. The van der Waals surface area contributed by atoms with Gasteiger partial charge in [-0.1, -0.05) is 31.2 Å². The lowest BCUT2D eigenvalue weighted by atomic mass is 10.1. The van der Waals surface area contributed by atoms with Gasteiger partial charge in [-0.3, -0.25) is 0 Å². The van der Waals surface area contributed by atoms with Crippen molar-refractivity contribution in [2.24, 2.45) is 0 Å². The van der Waals surface area contributed by atoms with Crippen LogP contribution in [0.3, 0.4) is 0 Å². The summed E-state index contributed by atoms with van der Waals surface area (Å²) in [5.74, 6) is -2.81. The summed E-state index contributed by atoms with van der Waals surface area (Å²) in [4.78, 5) is 0.00654. The molecular weight excluding hydrogens is 240 g/mol. The summed E-state index contributed by atoms with van der Waals surface area (Å²) < 4.78 is 30.2. The highest BCUT2D eigenvalue weighted by atomic mass is 32.1. The number of hydrogen-bond acceptors (Lipinski definition) is 2. The van der Waals surface area contributed by atoms with E-state index in [0.717, 1.165) is 30.4 Å². The molecule has 0 aliphatic heterocycles. The van der Waals surface area contributed by atoms with Gasteiger partial charge in [-0.2, -0.15) is 4.37 Å². The molecule has 0 atom stereocenters. The minimum Gasteiger partial charge on any atom is -0.201 e. The Morgan fingerprint density at radius 1 is 1.24 bits per heavy atom. The van der Waals surface area contributed by atoms with Gasteiger partial charge in [-0.15, -0.1) is 0 Å². The highest BCUT2D eigenvalue weighted by Crippen LogP contribution is 2.33. The largest absolute Gasteiger partial charge is 0.281 e. The Labute approximate surface area is 103 Å². The van der Waals surface area contributed by atoms with Gasteiger partial charge in [-0.05, 0) is 29.6 Å². The van der Waals surface area contributed by atoms with E-state index >= 15 is 0 Å². The fourth-order valence-electron chi connectivity index (χ4n) is 1.53. The van der Waals surface area contributed by atoms with Gasteiger partial charge in [-0.25, -0.2) is 8.78 Å². The van der Waals surface area contributed by atoms with E-state index in [4.69, 9.17) is 0 Å². The molecule has 0 bridgehead atoms. The van der Waals surface area contributed by atoms with Gasteiger partial charge in [0.1, 0.15) is 0 Å². The zero-order chi connectivity index (χ0) is 12.5. The molecule has 17 heavy (non-hydrogen) atoms. The van der Waals surface area contributed by atoms with E-state index in [0.29, 0.717) is 5.69 Å². The monoisotopic (exact) mass is 253 g/mol. The van der Waals surface area contributed by atoms with Crippen molar-refractivity contribution in [3.63, 3.8) is 0 Å². The summed E-state index contributed by atoms with van der Waals surface area (Å²) >= 11 is 0.861. The van der Waals surface area contributed by atoms with Crippen LogP contribution in [0.15, 0.2) is 30.3 Å². The zero-order valence-corrected chi connectivity index (χ0v) is 10.5. The van der Waals surface area contributed by atoms with Crippen molar-refractivity contribution in [2.75, 3.05) is 0 Å². The molecule has 0 amide bonds. The molecule has 1 aromatic heterocycles. The van der Waals surface area contributed by atoms with E-state index in [9.17, 15) is 8.78 Å². The minimum atomic E-state index is -2.81. The topological polar surface area (TPSA) is 12.9 Å². The van der Waals surface area contributed by atoms with Crippen LogP contribution in [0.4, 0.5) is 8.78 Å². The summed E-state index contributed by atoms with van der Waals surface area (Å²) in [6.45, 7) is 2.97. The van der Waals surface area contributed by atoms with Crippen molar-refractivity contribution >= 4 is 11.5 Å². The summed E-state index contributed by atoms with van der Waals surface area (Å²) in [5, 5.41) is 0. The van der Waals surface area contributed by atoms with Crippen LogP contribution in [-0.2, 0) is 12.3 Å². The average molecular weight is 253 g/mol. The van der Waals surface area contributed by atoms with Crippen LogP contribution in [0.25, 0.3) is 11.3 Å². The fourth-order valence-corrected chi connectivity index (χ4v) is 2.21. The maximum absolute atomic E-state index is 13.1.